The smallest absolute Gasteiger partial charge is 0.375 e. The lowest BCUT2D eigenvalue weighted by atomic mass is 10.1. The van der Waals surface area contributed by atoms with Crippen LogP contribution in [0.5, 0.6) is 0 Å². The normalized spacial score (nSPS) is 24.9. The number of carbonyl (C=O) groups excluding carboxylic acids is 2. The van der Waals surface area contributed by atoms with Crippen molar-refractivity contribution in [3.05, 3.63) is 0 Å². The van der Waals surface area contributed by atoms with Gasteiger partial charge in [-0.1, -0.05) is 13.8 Å². The van der Waals surface area contributed by atoms with Gasteiger partial charge in [0.05, 0.1) is 0 Å². The summed E-state index contributed by atoms with van der Waals surface area (Å²) in [6.45, 7) is 3.69. The first-order valence-corrected chi connectivity index (χ1v) is 3.13. The zero-order valence-corrected chi connectivity index (χ0v) is 5.88. The number of amides is 1. The lowest BCUT2D eigenvalue weighted by Crippen LogP contribution is -2.33. The second-order valence-corrected chi connectivity index (χ2v) is 2.57. The van der Waals surface area contributed by atoms with Crippen LogP contribution in [-0.4, -0.2) is 18.1 Å². The predicted octanol–water partition coefficient (Wildman–Crippen LogP) is 0.277. The molecule has 1 rings (SSSR count). The number of esters is 1. The molecule has 0 spiro atoms. The summed E-state index contributed by atoms with van der Waals surface area (Å²) in [5.41, 5.74) is 0. The van der Waals surface area contributed by atoms with E-state index < -0.39 is 18.1 Å². The van der Waals surface area contributed by atoms with Crippen LogP contribution in [0.4, 0.5) is 4.79 Å². The van der Waals surface area contributed by atoms with E-state index in [9.17, 15) is 9.59 Å². The summed E-state index contributed by atoms with van der Waals surface area (Å²) in [6.07, 6.45) is -0.635. The first-order chi connectivity index (χ1) is 4.61. The zero-order valence-electron chi connectivity index (χ0n) is 5.88. The standard InChI is InChI=1S/C6H9NO3/c1-3(2)4-5(8)10-6(9)7-4/h3-4H,1-2H3,(H,7,9)/t4-/m1/s1. The Bertz CT molecular complexity index is 176. The lowest BCUT2D eigenvalue weighted by Gasteiger charge is -2.07. The molecule has 1 atom stereocenters. The fourth-order valence-corrected chi connectivity index (χ4v) is 0.809. The SMILES string of the molecule is CC(C)[C@H]1NC(=O)OC1=O. The third kappa shape index (κ3) is 1.10. The quantitative estimate of drug-likeness (QED) is 0.423. The van der Waals surface area contributed by atoms with Crippen molar-refractivity contribution in [1.82, 2.24) is 5.32 Å². The van der Waals surface area contributed by atoms with E-state index in [1.54, 1.807) is 0 Å². The molecule has 0 unspecified atom stereocenters. The average molecular weight is 143 g/mol. The molecule has 1 aliphatic rings. The van der Waals surface area contributed by atoms with Gasteiger partial charge in [-0.25, -0.2) is 9.59 Å². The molecule has 1 N–H and O–H groups in total. The van der Waals surface area contributed by atoms with Gasteiger partial charge in [-0.2, -0.15) is 0 Å². The van der Waals surface area contributed by atoms with E-state index in [0.717, 1.165) is 0 Å². The summed E-state index contributed by atoms with van der Waals surface area (Å²) in [5.74, 6) is -0.376. The summed E-state index contributed by atoms with van der Waals surface area (Å²) in [5, 5.41) is 2.39. The zero-order chi connectivity index (χ0) is 7.72. The van der Waals surface area contributed by atoms with Gasteiger partial charge in [-0.3, -0.25) is 0 Å². The largest absolute Gasteiger partial charge is 0.415 e. The van der Waals surface area contributed by atoms with Gasteiger partial charge in [0.2, 0.25) is 0 Å². The Kier molecular flexibility index (Phi) is 1.61. The van der Waals surface area contributed by atoms with Crippen molar-refractivity contribution in [2.75, 3.05) is 0 Å². The number of alkyl carbamates (subject to hydrolysis) is 1. The Morgan fingerprint density at radius 2 is 2.10 bits per heavy atom. The molecule has 1 fully saturated rings. The van der Waals surface area contributed by atoms with Gasteiger partial charge >= 0.3 is 12.1 Å². The maximum Gasteiger partial charge on any atom is 0.415 e. The molecule has 1 saturated heterocycles. The van der Waals surface area contributed by atoms with Crippen LogP contribution in [0.15, 0.2) is 0 Å². The molecule has 1 amide bonds. The van der Waals surface area contributed by atoms with Crippen molar-refractivity contribution < 1.29 is 14.3 Å². The van der Waals surface area contributed by atoms with Crippen LogP contribution in [0.1, 0.15) is 13.8 Å². The number of hydrogen-bond donors (Lipinski definition) is 1. The maximum atomic E-state index is 10.7. The molecule has 1 aliphatic heterocycles. The molecule has 0 bridgehead atoms. The van der Waals surface area contributed by atoms with Gasteiger partial charge in [0, 0.05) is 0 Å². The van der Waals surface area contributed by atoms with Crippen LogP contribution in [0.25, 0.3) is 0 Å². The van der Waals surface area contributed by atoms with Crippen LogP contribution in [0.3, 0.4) is 0 Å². The first kappa shape index (κ1) is 7.05. The van der Waals surface area contributed by atoms with Gasteiger partial charge in [0.15, 0.2) is 0 Å². The fourth-order valence-electron chi connectivity index (χ4n) is 0.809. The number of carbonyl (C=O) groups is 2. The Morgan fingerprint density at radius 3 is 2.30 bits per heavy atom. The average Bonchev–Trinajstić information content (AvgIpc) is 2.10. The number of rotatable bonds is 1. The van der Waals surface area contributed by atoms with E-state index in [0.29, 0.717) is 0 Å². The molecule has 4 heteroatoms. The van der Waals surface area contributed by atoms with Crippen LogP contribution >= 0.6 is 0 Å². The number of cyclic esters (lactones) is 2. The molecule has 4 nitrogen and oxygen atoms in total. The molecule has 1 heterocycles. The molecule has 0 saturated carbocycles. The van der Waals surface area contributed by atoms with E-state index in [2.05, 4.69) is 10.1 Å². The number of nitrogens with one attached hydrogen (secondary N) is 1. The first-order valence-electron chi connectivity index (χ1n) is 3.13. The fraction of sp³-hybridized carbons (Fsp3) is 0.667. The minimum atomic E-state index is -0.635. The highest BCUT2D eigenvalue weighted by atomic mass is 16.6. The van der Waals surface area contributed by atoms with Gasteiger partial charge in [-0.05, 0) is 5.92 Å². The molecule has 0 aromatic rings. The summed E-state index contributed by atoms with van der Waals surface area (Å²) >= 11 is 0. The highest BCUT2D eigenvalue weighted by molar-refractivity contribution is 5.95. The van der Waals surface area contributed by atoms with E-state index in [1.165, 1.54) is 0 Å². The molecule has 0 radical (unpaired) electrons. The summed E-state index contributed by atoms with van der Waals surface area (Å²) in [4.78, 5) is 21.1. The van der Waals surface area contributed by atoms with Crippen LogP contribution in [-0.2, 0) is 9.53 Å². The van der Waals surface area contributed by atoms with Crippen molar-refractivity contribution in [3.8, 4) is 0 Å². The van der Waals surface area contributed by atoms with Crippen molar-refractivity contribution in [1.29, 1.82) is 0 Å². The van der Waals surface area contributed by atoms with Gasteiger partial charge in [0.25, 0.3) is 0 Å². The molecule has 56 valence electrons. The van der Waals surface area contributed by atoms with Gasteiger partial charge < -0.3 is 10.1 Å². The van der Waals surface area contributed by atoms with E-state index >= 15 is 0 Å². The third-order valence-electron chi connectivity index (χ3n) is 1.39. The molecule has 10 heavy (non-hydrogen) atoms. The Labute approximate surface area is 58.5 Å². The van der Waals surface area contributed by atoms with Crippen molar-refractivity contribution >= 4 is 12.1 Å². The van der Waals surface area contributed by atoms with Crippen LogP contribution < -0.4 is 5.32 Å². The monoisotopic (exact) mass is 143 g/mol. The Balaban J connectivity index is 2.63. The highest BCUT2D eigenvalue weighted by Crippen LogP contribution is 2.09. The molecule has 0 aliphatic carbocycles. The minimum Gasteiger partial charge on any atom is -0.375 e. The molecule has 0 aromatic heterocycles. The lowest BCUT2D eigenvalue weighted by molar-refractivity contribution is -0.136. The molecular weight excluding hydrogens is 134 g/mol. The Hall–Kier alpha value is -1.06. The van der Waals surface area contributed by atoms with Crippen LogP contribution in [0.2, 0.25) is 0 Å². The maximum absolute atomic E-state index is 10.7. The second-order valence-electron chi connectivity index (χ2n) is 2.57. The van der Waals surface area contributed by atoms with Crippen molar-refractivity contribution in [2.45, 2.75) is 19.9 Å². The third-order valence-corrected chi connectivity index (χ3v) is 1.39. The summed E-state index contributed by atoms with van der Waals surface area (Å²) < 4.78 is 4.25. The molecular formula is C6H9NO3. The van der Waals surface area contributed by atoms with E-state index in [1.807, 2.05) is 13.8 Å². The Morgan fingerprint density at radius 1 is 1.50 bits per heavy atom. The number of hydrogen-bond acceptors (Lipinski definition) is 3. The second kappa shape index (κ2) is 2.28. The summed E-state index contributed by atoms with van der Waals surface area (Å²) in [7, 11) is 0. The van der Waals surface area contributed by atoms with E-state index in [-0.39, 0.29) is 5.92 Å². The molecule has 0 aromatic carbocycles. The van der Waals surface area contributed by atoms with Crippen molar-refractivity contribution in [3.63, 3.8) is 0 Å². The van der Waals surface area contributed by atoms with E-state index in [4.69, 9.17) is 0 Å². The van der Waals surface area contributed by atoms with Gasteiger partial charge in [-0.15, -0.1) is 0 Å². The highest BCUT2D eigenvalue weighted by Gasteiger charge is 2.34. The topological polar surface area (TPSA) is 55.4 Å². The minimum absolute atomic E-state index is 0.0962. The predicted molar refractivity (Wildman–Crippen MR) is 33.2 cm³/mol. The number of ether oxygens (including phenoxy) is 1. The summed E-state index contributed by atoms with van der Waals surface area (Å²) in [6, 6.07) is -0.451. The van der Waals surface area contributed by atoms with Gasteiger partial charge in [0.1, 0.15) is 6.04 Å². The van der Waals surface area contributed by atoms with Crippen LogP contribution in [0, 0.1) is 5.92 Å². The van der Waals surface area contributed by atoms with Crippen molar-refractivity contribution in [2.24, 2.45) is 5.92 Å².